The minimum absolute atomic E-state index is 0.302. The lowest BCUT2D eigenvalue weighted by Gasteiger charge is -2.36. The maximum absolute atomic E-state index is 13.7. The first-order chi connectivity index (χ1) is 16.7. The van der Waals surface area contributed by atoms with Crippen LogP contribution in [0.1, 0.15) is 35.2 Å². The van der Waals surface area contributed by atoms with Gasteiger partial charge < -0.3 is 9.88 Å². The van der Waals surface area contributed by atoms with Crippen LogP contribution in [0.2, 0.25) is 0 Å². The monoisotopic (exact) mass is 451 g/mol. The van der Waals surface area contributed by atoms with E-state index in [9.17, 15) is 4.79 Å². The quantitative estimate of drug-likeness (QED) is 0.441. The van der Waals surface area contributed by atoms with E-state index in [1.54, 1.807) is 0 Å². The summed E-state index contributed by atoms with van der Waals surface area (Å²) in [5.74, 6) is 1.27. The Morgan fingerprint density at radius 1 is 0.941 bits per heavy atom. The van der Waals surface area contributed by atoms with Gasteiger partial charge in [0.15, 0.2) is 0 Å². The Bertz CT molecular complexity index is 1300. The Morgan fingerprint density at radius 2 is 1.68 bits per heavy atom. The summed E-state index contributed by atoms with van der Waals surface area (Å²) in [6.07, 6.45) is 3.40. The third kappa shape index (κ3) is 3.65. The molecule has 0 radical (unpaired) electrons. The van der Waals surface area contributed by atoms with E-state index in [1.807, 2.05) is 24.3 Å². The molecule has 1 unspecified atom stereocenters. The number of nitrogens with zero attached hydrogens (tertiary/aromatic N) is 3. The van der Waals surface area contributed by atoms with Crippen LogP contribution in [0.4, 0.5) is 0 Å². The molecule has 0 bridgehead atoms. The van der Waals surface area contributed by atoms with Crippen LogP contribution in [0.25, 0.3) is 22.4 Å². The van der Waals surface area contributed by atoms with Crippen molar-refractivity contribution in [3.05, 3.63) is 90.0 Å². The molecule has 3 aromatic carbocycles. The predicted molar refractivity (Wildman–Crippen MR) is 136 cm³/mol. The molecule has 4 aromatic rings. The zero-order valence-electron chi connectivity index (χ0n) is 19.5. The Morgan fingerprint density at radius 3 is 2.41 bits per heavy atom. The Kier molecular flexibility index (Phi) is 5.52. The number of fused-ring (bicyclic) bond motifs is 1. The van der Waals surface area contributed by atoms with Crippen LogP contribution < -0.4 is 5.32 Å². The molecule has 2 fully saturated rings. The maximum Gasteiger partial charge on any atom is 0.346 e. The molecule has 0 aliphatic carbocycles. The number of hydrogen-bond acceptors (Lipinski definition) is 3. The van der Waals surface area contributed by atoms with Gasteiger partial charge in [-0.05, 0) is 29.8 Å². The number of benzene rings is 3. The molecular formula is C29H31N4O+. The summed E-state index contributed by atoms with van der Waals surface area (Å²) >= 11 is 0. The van der Waals surface area contributed by atoms with Crippen LogP contribution in [-0.4, -0.2) is 52.2 Å². The molecule has 2 aliphatic heterocycles. The molecule has 1 aromatic heterocycles. The molecular weight excluding hydrogens is 420 g/mol. The summed E-state index contributed by atoms with van der Waals surface area (Å²) in [4.78, 5) is 18.7. The Labute approximate surface area is 200 Å². The first-order valence-electron chi connectivity index (χ1n) is 12.5. The van der Waals surface area contributed by atoms with Gasteiger partial charge in [0.1, 0.15) is 11.9 Å². The van der Waals surface area contributed by atoms with Crippen molar-refractivity contribution >= 4 is 16.9 Å². The number of para-hydroxylation sites is 2. The van der Waals surface area contributed by atoms with Crippen molar-refractivity contribution < 1.29 is 9.28 Å². The van der Waals surface area contributed by atoms with Crippen LogP contribution in [-0.2, 0) is 6.54 Å². The van der Waals surface area contributed by atoms with E-state index >= 15 is 0 Å². The molecule has 34 heavy (non-hydrogen) atoms. The standard InChI is InChI=1S/C29H31N4O/c34-29(33(18-6-7-19-33)25-16-17-30-20-25)24-14-12-22(13-15-24)21-32-27-11-5-4-10-26(27)31-28(32)23-8-2-1-3-9-23/h1-5,8-15,25,30H,6-7,16-21H2/q+1. The highest BCUT2D eigenvalue weighted by Crippen LogP contribution is 2.31. The lowest BCUT2D eigenvalue weighted by Crippen LogP contribution is -2.58. The van der Waals surface area contributed by atoms with Gasteiger partial charge in [-0.15, -0.1) is 0 Å². The highest BCUT2D eigenvalue weighted by molar-refractivity contribution is 5.89. The molecule has 2 saturated heterocycles. The summed E-state index contributed by atoms with van der Waals surface area (Å²) in [6.45, 7) is 4.66. The van der Waals surface area contributed by atoms with Gasteiger partial charge >= 0.3 is 5.91 Å². The topological polar surface area (TPSA) is 46.9 Å². The smallest absolute Gasteiger partial charge is 0.319 e. The van der Waals surface area contributed by atoms with Gasteiger partial charge in [0.2, 0.25) is 0 Å². The molecule has 1 amide bonds. The predicted octanol–water partition coefficient (Wildman–Crippen LogP) is 4.86. The zero-order chi connectivity index (χ0) is 23.0. The number of carbonyl (C=O) groups excluding carboxylic acids is 1. The lowest BCUT2D eigenvalue weighted by molar-refractivity contribution is -0.860. The normalized spacial score (nSPS) is 19.6. The third-order valence-electron chi connectivity index (χ3n) is 7.73. The van der Waals surface area contributed by atoms with Gasteiger partial charge in [0, 0.05) is 44.5 Å². The number of hydrogen-bond donors (Lipinski definition) is 1. The third-order valence-corrected chi connectivity index (χ3v) is 7.73. The SMILES string of the molecule is O=C(c1ccc(Cn2c(-c3ccccc3)nc3ccccc32)cc1)[N+]1(C2CCNC2)CCCC1. The summed E-state index contributed by atoms with van der Waals surface area (Å²) in [7, 11) is 0. The number of amides is 1. The van der Waals surface area contributed by atoms with Gasteiger partial charge in [-0.25, -0.2) is 9.78 Å². The Hall–Kier alpha value is -3.28. The van der Waals surface area contributed by atoms with Gasteiger partial charge in [-0.1, -0.05) is 54.6 Å². The van der Waals surface area contributed by atoms with E-state index in [4.69, 9.17) is 4.98 Å². The van der Waals surface area contributed by atoms with Crippen LogP contribution >= 0.6 is 0 Å². The van der Waals surface area contributed by atoms with E-state index in [0.29, 0.717) is 23.0 Å². The summed E-state index contributed by atoms with van der Waals surface area (Å²) < 4.78 is 2.91. The Balaban J connectivity index is 1.31. The molecule has 2 aliphatic rings. The van der Waals surface area contributed by atoms with Gasteiger partial charge in [-0.3, -0.25) is 4.48 Å². The van der Waals surface area contributed by atoms with Crippen LogP contribution in [0.3, 0.4) is 0 Å². The minimum atomic E-state index is 0.302. The fourth-order valence-electron chi connectivity index (χ4n) is 5.93. The van der Waals surface area contributed by atoms with Crippen molar-refractivity contribution in [1.82, 2.24) is 14.9 Å². The number of rotatable bonds is 5. The van der Waals surface area contributed by atoms with Crippen molar-refractivity contribution in [3.8, 4) is 11.4 Å². The van der Waals surface area contributed by atoms with Crippen LogP contribution in [0.15, 0.2) is 78.9 Å². The molecule has 0 spiro atoms. The second-order valence-electron chi connectivity index (χ2n) is 9.71. The summed E-state index contributed by atoms with van der Waals surface area (Å²) in [6, 6.07) is 27.4. The first kappa shape index (κ1) is 21.3. The first-order valence-corrected chi connectivity index (χ1v) is 12.5. The fraction of sp³-hybridized carbons (Fsp3) is 0.310. The van der Waals surface area contributed by atoms with Gasteiger partial charge in [-0.2, -0.15) is 0 Å². The van der Waals surface area contributed by atoms with Crippen molar-refractivity contribution in [2.24, 2.45) is 0 Å². The van der Waals surface area contributed by atoms with Crippen molar-refractivity contribution in [3.63, 3.8) is 0 Å². The van der Waals surface area contributed by atoms with Crippen LogP contribution in [0.5, 0.6) is 0 Å². The maximum atomic E-state index is 13.7. The highest BCUT2D eigenvalue weighted by Gasteiger charge is 2.47. The second-order valence-corrected chi connectivity index (χ2v) is 9.71. The number of likely N-dealkylation sites (tertiary alicyclic amines) is 1. The molecule has 1 atom stereocenters. The highest BCUT2D eigenvalue weighted by atomic mass is 16.2. The largest absolute Gasteiger partial charge is 0.346 e. The van der Waals surface area contributed by atoms with Gasteiger partial charge in [0.25, 0.3) is 0 Å². The van der Waals surface area contributed by atoms with Crippen molar-refractivity contribution in [2.75, 3.05) is 26.2 Å². The van der Waals surface area contributed by atoms with E-state index < -0.39 is 0 Å². The molecule has 1 N–H and O–H groups in total. The molecule has 6 rings (SSSR count). The number of imidazole rings is 1. The summed E-state index contributed by atoms with van der Waals surface area (Å²) in [5, 5.41) is 3.47. The van der Waals surface area contributed by atoms with E-state index in [0.717, 1.165) is 73.4 Å². The van der Waals surface area contributed by atoms with E-state index in [1.165, 1.54) is 5.56 Å². The van der Waals surface area contributed by atoms with Crippen molar-refractivity contribution in [2.45, 2.75) is 31.8 Å². The molecule has 5 nitrogen and oxygen atoms in total. The molecule has 0 saturated carbocycles. The number of carbonyl (C=O) groups is 1. The number of nitrogens with one attached hydrogen (secondary N) is 1. The van der Waals surface area contributed by atoms with Gasteiger partial charge in [0.05, 0.1) is 29.7 Å². The minimum Gasteiger partial charge on any atom is -0.319 e. The molecule has 172 valence electrons. The van der Waals surface area contributed by atoms with E-state index in [-0.39, 0.29) is 0 Å². The zero-order valence-corrected chi connectivity index (χ0v) is 19.5. The van der Waals surface area contributed by atoms with Crippen LogP contribution in [0, 0.1) is 0 Å². The van der Waals surface area contributed by atoms with Crippen molar-refractivity contribution in [1.29, 1.82) is 0 Å². The molecule has 3 heterocycles. The summed E-state index contributed by atoms with van der Waals surface area (Å²) in [5.41, 5.74) is 5.25. The number of quaternary nitrogens is 1. The average molecular weight is 452 g/mol. The second kappa shape index (κ2) is 8.82. The average Bonchev–Trinajstić information content (AvgIpc) is 3.65. The lowest BCUT2D eigenvalue weighted by atomic mass is 10.1. The fourth-order valence-corrected chi connectivity index (χ4v) is 5.93. The molecule has 5 heteroatoms. The number of aromatic nitrogens is 2. The van der Waals surface area contributed by atoms with E-state index in [2.05, 4.69) is 64.5 Å².